The molecular formula is C15H20BN3O4. The molecule has 0 saturated heterocycles. The van der Waals surface area contributed by atoms with Crippen molar-refractivity contribution in [2.24, 2.45) is 11.5 Å². The Morgan fingerprint density at radius 2 is 1.96 bits per heavy atom. The first-order chi connectivity index (χ1) is 10.9. The Bertz CT molecular complexity index is 606. The summed E-state index contributed by atoms with van der Waals surface area (Å²) in [4.78, 5) is 24.6. The second-order valence-corrected chi connectivity index (χ2v) is 5.54. The van der Waals surface area contributed by atoms with Crippen molar-refractivity contribution in [3.8, 4) is 0 Å². The first-order valence-electron chi connectivity index (χ1n) is 7.36. The van der Waals surface area contributed by atoms with Crippen molar-refractivity contribution in [3.05, 3.63) is 42.0 Å². The molecular weight excluding hydrogens is 297 g/mol. The third kappa shape index (κ3) is 4.19. The fraction of sp³-hybridized carbons (Fsp3) is 0.333. The van der Waals surface area contributed by atoms with Gasteiger partial charge in [-0.05, 0) is 17.6 Å². The Balaban J connectivity index is 2.13. The van der Waals surface area contributed by atoms with E-state index in [-0.39, 0.29) is 19.4 Å². The second-order valence-electron chi connectivity index (χ2n) is 5.54. The standard InChI is InChI=1S/C15H20BN3O4/c17-12(6-7-14(18)20)15(21)19-9-11(8-13(19)16(22)23)10-4-2-1-3-5-10/h1-5,8,12-13,22-23H,6-7,9,17H2,(H2,18,20)/t12-,13?/m0/s1. The summed E-state index contributed by atoms with van der Waals surface area (Å²) in [5.74, 6) is -1.83. The molecule has 1 heterocycles. The average molecular weight is 317 g/mol. The van der Waals surface area contributed by atoms with Gasteiger partial charge in [0.15, 0.2) is 0 Å². The van der Waals surface area contributed by atoms with Gasteiger partial charge in [-0.1, -0.05) is 36.4 Å². The lowest BCUT2D eigenvalue weighted by Gasteiger charge is -2.27. The van der Waals surface area contributed by atoms with Crippen LogP contribution >= 0.6 is 0 Å². The molecule has 0 radical (unpaired) electrons. The van der Waals surface area contributed by atoms with Gasteiger partial charge in [-0.15, -0.1) is 0 Å². The minimum Gasteiger partial charge on any atom is -0.426 e. The largest absolute Gasteiger partial charge is 0.479 e. The molecule has 0 bridgehead atoms. The maximum absolute atomic E-state index is 12.4. The number of nitrogens with two attached hydrogens (primary N) is 2. The molecule has 1 unspecified atom stereocenters. The Hall–Kier alpha value is -2.16. The summed E-state index contributed by atoms with van der Waals surface area (Å²) < 4.78 is 0. The summed E-state index contributed by atoms with van der Waals surface area (Å²) in [7, 11) is -1.71. The van der Waals surface area contributed by atoms with Gasteiger partial charge in [0.1, 0.15) is 0 Å². The number of carbonyl (C=O) groups excluding carboxylic acids is 2. The Kier molecular flexibility index (Phi) is 5.54. The van der Waals surface area contributed by atoms with Gasteiger partial charge >= 0.3 is 7.12 Å². The van der Waals surface area contributed by atoms with E-state index in [0.717, 1.165) is 11.1 Å². The van der Waals surface area contributed by atoms with E-state index in [1.807, 2.05) is 30.3 Å². The summed E-state index contributed by atoms with van der Waals surface area (Å²) >= 11 is 0. The molecule has 2 rings (SSSR count). The van der Waals surface area contributed by atoms with E-state index in [1.165, 1.54) is 4.90 Å². The van der Waals surface area contributed by atoms with Crippen LogP contribution in [0.5, 0.6) is 0 Å². The lowest BCUT2D eigenvalue weighted by molar-refractivity contribution is -0.132. The number of benzene rings is 1. The zero-order valence-electron chi connectivity index (χ0n) is 12.6. The van der Waals surface area contributed by atoms with Crippen LogP contribution in [0.1, 0.15) is 18.4 Å². The van der Waals surface area contributed by atoms with Crippen LogP contribution < -0.4 is 11.5 Å². The third-order valence-corrected chi connectivity index (χ3v) is 3.82. The third-order valence-electron chi connectivity index (χ3n) is 3.82. The lowest BCUT2D eigenvalue weighted by atomic mass is 9.78. The van der Waals surface area contributed by atoms with Gasteiger partial charge in [-0.25, -0.2) is 0 Å². The molecule has 23 heavy (non-hydrogen) atoms. The molecule has 6 N–H and O–H groups in total. The van der Waals surface area contributed by atoms with Crippen molar-refractivity contribution >= 4 is 24.5 Å². The molecule has 0 aromatic heterocycles. The predicted molar refractivity (Wildman–Crippen MR) is 86.5 cm³/mol. The number of amides is 2. The van der Waals surface area contributed by atoms with E-state index in [2.05, 4.69) is 0 Å². The molecule has 2 atom stereocenters. The van der Waals surface area contributed by atoms with Gasteiger partial charge in [0.05, 0.1) is 12.0 Å². The Morgan fingerprint density at radius 1 is 1.30 bits per heavy atom. The normalized spacial score (nSPS) is 18.5. The Morgan fingerprint density at radius 3 is 2.52 bits per heavy atom. The number of primary amides is 1. The van der Waals surface area contributed by atoms with Crippen molar-refractivity contribution in [3.63, 3.8) is 0 Å². The molecule has 1 aromatic rings. The first kappa shape index (κ1) is 17.2. The molecule has 7 nitrogen and oxygen atoms in total. The number of rotatable bonds is 6. The van der Waals surface area contributed by atoms with Gasteiger partial charge in [0.2, 0.25) is 11.8 Å². The zero-order chi connectivity index (χ0) is 17.0. The number of hydrogen-bond acceptors (Lipinski definition) is 5. The van der Waals surface area contributed by atoms with Gasteiger partial charge in [0, 0.05) is 13.0 Å². The Labute approximate surface area is 134 Å². The summed E-state index contributed by atoms with van der Waals surface area (Å²) in [5.41, 5.74) is 12.6. The predicted octanol–water partition coefficient (Wildman–Crippen LogP) is -1.11. The molecule has 1 aromatic carbocycles. The van der Waals surface area contributed by atoms with Crippen LogP contribution in [0.15, 0.2) is 36.4 Å². The minimum absolute atomic E-state index is 0.00601. The number of hydrogen-bond donors (Lipinski definition) is 4. The highest BCUT2D eigenvalue weighted by molar-refractivity contribution is 6.45. The van der Waals surface area contributed by atoms with E-state index in [9.17, 15) is 19.6 Å². The van der Waals surface area contributed by atoms with Crippen molar-refractivity contribution < 1.29 is 19.6 Å². The van der Waals surface area contributed by atoms with Crippen LogP contribution in [0.25, 0.3) is 5.57 Å². The van der Waals surface area contributed by atoms with Crippen LogP contribution in [0, 0.1) is 0 Å². The van der Waals surface area contributed by atoms with Gasteiger partial charge in [0.25, 0.3) is 0 Å². The minimum atomic E-state index is -1.71. The lowest BCUT2D eigenvalue weighted by Crippen LogP contribution is -2.51. The molecule has 122 valence electrons. The summed E-state index contributed by atoms with van der Waals surface area (Å²) in [6.07, 6.45) is 1.78. The van der Waals surface area contributed by atoms with Crippen LogP contribution in [-0.2, 0) is 9.59 Å². The van der Waals surface area contributed by atoms with Crippen molar-refractivity contribution in [2.75, 3.05) is 6.54 Å². The monoisotopic (exact) mass is 317 g/mol. The van der Waals surface area contributed by atoms with Crippen LogP contribution in [0.3, 0.4) is 0 Å². The van der Waals surface area contributed by atoms with Gasteiger partial charge in [-0.3, -0.25) is 9.59 Å². The smallest absolute Gasteiger partial charge is 0.426 e. The molecule has 0 saturated carbocycles. The van der Waals surface area contributed by atoms with Crippen molar-refractivity contribution in [1.29, 1.82) is 0 Å². The van der Waals surface area contributed by atoms with Gasteiger partial charge < -0.3 is 26.4 Å². The number of nitrogens with zero attached hydrogens (tertiary/aromatic N) is 1. The summed E-state index contributed by atoms with van der Waals surface area (Å²) in [6, 6.07) is 8.46. The van der Waals surface area contributed by atoms with Crippen molar-refractivity contribution in [2.45, 2.75) is 24.8 Å². The van der Waals surface area contributed by atoms with Gasteiger partial charge in [-0.2, -0.15) is 0 Å². The average Bonchev–Trinajstić information content (AvgIpc) is 2.98. The maximum Gasteiger partial charge on any atom is 0.479 e. The second kappa shape index (κ2) is 7.41. The van der Waals surface area contributed by atoms with Crippen LogP contribution in [0.2, 0.25) is 0 Å². The quantitative estimate of drug-likeness (QED) is 0.494. The molecule has 0 spiro atoms. The summed E-state index contributed by atoms with van der Waals surface area (Å²) in [5, 5.41) is 19.1. The molecule has 0 fully saturated rings. The molecule has 0 aliphatic carbocycles. The van der Waals surface area contributed by atoms with E-state index >= 15 is 0 Å². The van der Waals surface area contributed by atoms with E-state index in [4.69, 9.17) is 11.5 Å². The SMILES string of the molecule is NC(=O)CC[C@H](N)C(=O)N1CC(c2ccccc2)=CC1B(O)O. The molecule has 1 aliphatic heterocycles. The highest BCUT2D eigenvalue weighted by atomic mass is 16.4. The van der Waals surface area contributed by atoms with E-state index in [1.54, 1.807) is 6.08 Å². The highest BCUT2D eigenvalue weighted by Gasteiger charge is 2.38. The zero-order valence-corrected chi connectivity index (χ0v) is 12.6. The molecule has 1 aliphatic rings. The fourth-order valence-electron chi connectivity index (χ4n) is 2.58. The maximum atomic E-state index is 12.4. The molecule has 2 amide bonds. The van der Waals surface area contributed by atoms with E-state index < -0.39 is 30.9 Å². The van der Waals surface area contributed by atoms with E-state index in [0.29, 0.717) is 0 Å². The van der Waals surface area contributed by atoms with Crippen LogP contribution in [0.4, 0.5) is 0 Å². The highest BCUT2D eigenvalue weighted by Crippen LogP contribution is 2.26. The van der Waals surface area contributed by atoms with Crippen molar-refractivity contribution in [1.82, 2.24) is 4.90 Å². The fourth-order valence-corrected chi connectivity index (χ4v) is 2.58. The molecule has 8 heteroatoms. The topological polar surface area (TPSA) is 130 Å². The summed E-state index contributed by atoms with van der Waals surface area (Å²) in [6.45, 7) is 0.232. The first-order valence-corrected chi connectivity index (χ1v) is 7.36. The number of carbonyl (C=O) groups is 2. The van der Waals surface area contributed by atoms with Crippen LogP contribution in [-0.4, -0.2) is 52.4 Å².